The molecular weight excluding hydrogens is 622 g/mol. The molecule has 1 N–H and O–H groups in total. The van der Waals surface area contributed by atoms with Gasteiger partial charge in [0.1, 0.15) is 18.4 Å². The Hall–Kier alpha value is -3.64. The number of hydrogen-bond acceptors (Lipinski definition) is 4. The number of sulfonamides is 1. The van der Waals surface area contributed by atoms with Gasteiger partial charge in [-0.1, -0.05) is 48.4 Å². The van der Waals surface area contributed by atoms with Crippen LogP contribution in [0.25, 0.3) is 0 Å². The molecule has 3 rings (SSSR count). The molecule has 0 heterocycles. The van der Waals surface area contributed by atoms with E-state index in [0.717, 1.165) is 22.6 Å². The van der Waals surface area contributed by atoms with E-state index in [1.54, 1.807) is 34.6 Å². The van der Waals surface area contributed by atoms with Gasteiger partial charge in [-0.15, -0.1) is 0 Å². The first-order valence-corrected chi connectivity index (χ1v) is 15.5. The first-order chi connectivity index (χ1) is 20.3. The molecule has 7 nitrogen and oxygen atoms in total. The Bertz CT molecular complexity index is 1590. The summed E-state index contributed by atoms with van der Waals surface area (Å²) in [5.74, 6) is -1.92. The van der Waals surface area contributed by atoms with Gasteiger partial charge in [0.2, 0.25) is 11.8 Å². The molecule has 44 heavy (non-hydrogen) atoms. The number of hydrogen-bond donors (Lipinski definition) is 1. The number of carbonyl (C=O) groups excluding carboxylic acids is 2. The Labute approximate surface area is 259 Å². The zero-order valence-electron chi connectivity index (χ0n) is 24.9. The number of carbonyl (C=O) groups is 2. The summed E-state index contributed by atoms with van der Waals surface area (Å²) in [6.45, 7) is 7.48. The largest absolute Gasteiger partial charge is 0.417 e. The molecule has 0 fully saturated rings. The van der Waals surface area contributed by atoms with Gasteiger partial charge >= 0.3 is 6.18 Å². The maximum absolute atomic E-state index is 14.1. The van der Waals surface area contributed by atoms with Gasteiger partial charge in [0.05, 0.1) is 21.2 Å². The zero-order chi connectivity index (χ0) is 33.0. The predicted octanol–water partition coefficient (Wildman–Crippen LogP) is 6.72. The van der Waals surface area contributed by atoms with Crippen LogP contribution in [-0.2, 0) is 32.3 Å². The van der Waals surface area contributed by atoms with Crippen molar-refractivity contribution in [3.05, 3.63) is 94.3 Å². The summed E-state index contributed by atoms with van der Waals surface area (Å²) in [6, 6.07) is 12.2. The maximum Gasteiger partial charge on any atom is 0.417 e. The summed E-state index contributed by atoms with van der Waals surface area (Å²) in [7, 11) is -4.61. The molecule has 0 aromatic heterocycles. The highest BCUT2D eigenvalue weighted by atomic mass is 35.5. The van der Waals surface area contributed by atoms with Crippen LogP contribution in [0.3, 0.4) is 0 Å². The fraction of sp³-hybridized carbons (Fsp3) is 0.355. The number of nitrogens with one attached hydrogen (secondary N) is 1. The van der Waals surface area contributed by atoms with Crippen LogP contribution in [0.1, 0.15) is 50.8 Å². The molecule has 0 aliphatic carbocycles. The molecule has 0 bridgehead atoms. The summed E-state index contributed by atoms with van der Waals surface area (Å²) in [5.41, 5.74) is -1.23. The number of halogens is 5. The molecule has 0 aliphatic rings. The van der Waals surface area contributed by atoms with Crippen LogP contribution in [-0.4, -0.2) is 43.3 Å². The predicted molar refractivity (Wildman–Crippen MR) is 161 cm³/mol. The molecular formula is C31H34ClF4N3O4S. The van der Waals surface area contributed by atoms with Crippen LogP contribution in [0.5, 0.6) is 0 Å². The standard InChI is InChI=1S/C31H34ClF4N3O4S/c1-6-27(29(41)37-30(3,4)5)38(18-21-9-11-22(33)12-10-21)28(40)19-39(44(42,43)24-14-7-20(2)8-15-24)23-13-16-26(32)25(17-23)31(34,35)36/h7-17,27H,6,18-19H2,1-5H3,(H,37,41)/t27-/m1/s1. The van der Waals surface area contributed by atoms with Crippen LogP contribution >= 0.6 is 11.6 Å². The minimum atomic E-state index is -4.91. The van der Waals surface area contributed by atoms with E-state index in [-0.39, 0.29) is 17.9 Å². The summed E-state index contributed by atoms with van der Waals surface area (Å²) in [4.78, 5) is 28.3. The van der Waals surface area contributed by atoms with Crippen LogP contribution in [0.4, 0.5) is 23.2 Å². The maximum atomic E-state index is 14.1. The minimum absolute atomic E-state index is 0.124. The number of alkyl halides is 3. The molecule has 0 saturated heterocycles. The van der Waals surface area contributed by atoms with E-state index in [0.29, 0.717) is 15.9 Å². The van der Waals surface area contributed by atoms with Gasteiger partial charge in [-0.05, 0) is 82.1 Å². The van der Waals surface area contributed by atoms with Crippen molar-refractivity contribution in [2.45, 2.75) is 70.2 Å². The molecule has 1 atom stereocenters. The third kappa shape index (κ3) is 8.72. The minimum Gasteiger partial charge on any atom is -0.350 e. The third-order valence-electron chi connectivity index (χ3n) is 6.58. The van der Waals surface area contributed by atoms with Crippen molar-refractivity contribution in [1.82, 2.24) is 10.2 Å². The van der Waals surface area contributed by atoms with E-state index in [2.05, 4.69) is 5.32 Å². The second-order valence-electron chi connectivity index (χ2n) is 11.3. The fourth-order valence-corrected chi connectivity index (χ4v) is 6.04. The smallest absolute Gasteiger partial charge is 0.350 e. The lowest BCUT2D eigenvalue weighted by Gasteiger charge is -2.35. The molecule has 0 aliphatic heterocycles. The molecule has 0 radical (unpaired) electrons. The highest BCUT2D eigenvalue weighted by Gasteiger charge is 2.37. The number of benzene rings is 3. The topological polar surface area (TPSA) is 86.8 Å². The van der Waals surface area contributed by atoms with E-state index >= 15 is 0 Å². The first-order valence-electron chi connectivity index (χ1n) is 13.7. The van der Waals surface area contributed by atoms with Crippen molar-refractivity contribution in [3.8, 4) is 0 Å². The summed E-state index contributed by atoms with van der Waals surface area (Å²) in [6.07, 6.45) is -4.79. The third-order valence-corrected chi connectivity index (χ3v) is 8.70. The number of nitrogens with zero attached hydrogens (tertiary/aromatic N) is 2. The molecule has 2 amide bonds. The summed E-state index contributed by atoms with van der Waals surface area (Å²) >= 11 is 5.81. The van der Waals surface area contributed by atoms with Gasteiger partial charge < -0.3 is 10.2 Å². The van der Waals surface area contributed by atoms with E-state index in [1.165, 1.54) is 48.5 Å². The Morgan fingerprint density at radius 2 is 1.55 bits per heavy atom. The van der Waals surface area contributed by atoms with E-state index in [1.807, 2.05) is 0 Å². The van der Waals surface area contributed by atoms with E-state index in [4.69, 9.17) is 11.6 Å². The molecule has 0 saturated carbocycles. The number of rotatable bonds is 10. The Kier molecular flexibility index (Phi) is 10.7. The van der Waals surface area contributed by atoms with Gasteiger partial charge in [-0.2, -0.15) is 13.2 Å². The second-order valence-corrected chi connectivity index (χ2v) is 13.6. The second kappa shape index (κ2) is 13.6. The number of aryl methyl sites for hydroxylation is 1. The van der Waals surface area contributed by atoms with Crippen molar-refractivity contribution in [3.63, 3.8) is 0 Å². The van der Waals surface area contributed by atoms with Gasteiger partial charge in [0, 0.05) is 12.1 Å². The number of amides is 2. The monoisotopic (exact) mass is 655 g/mol. The van der Waals surface area contributed by atoms with Gasteiger partial charge in [0.25, 0.3) is 10.0 Å². The highest BCUT2D eigenvalue weighted by molar-refractivity contribution is 7.92. The van der Waals surface area contributed by atoms with Crippen LogP contribution < -0.4 is 9.62 Å². The lowest BCUT2D eigenvalue weighted by molar-refractivity contribution is -0.141. The zero-order valence-corrected chi connectivity index (χ0v) is 26.4. The molecule has 13 heteroatoms. The quantitative estimate of drug-likeness (QED) is 0.246. The van der Waals surface area contributed by atoms with Crippen LogP contribution in [0.15, 0.2) is 71.6 Å². The summed E-state index contributed by atoms with van der Waals surface area (Å²) in [5, 5.41) is 2.16. The summed E-state index contributed by atoms with van der Waals surface area (Å²) < 4.78 is 83.4. The van der Waals surface area contributed by atoms with Crippen molar-refractivity contribution in [2.24, 2.45) is 0 Å². The van der Waals surface area contributed by atoms with E-state index in [9.17, 15) is 35.6 Å². The van der Waals surface area contributed by atoms with Gasteiger partial charge in [-0.3, -0.25) is 13.9 Å². The number of anilines is 1. The fourth-order valence-electron chi connectivity index (χ4n) is 4.41. The molecule has 238 valence electrons. The lowest BCUT2D eigenvalue weighted by Crippen LogP contribution is -2.55. The molecule has 0 unspecified atom stereocenters. The van der Waals surface area contributed by atoms with Crippen molar-refractivity contribution >= 4 is 39.1 Å². The Morgan fingerprint density at radius 3 is 2.07 bits per heavy atom. The molecule has 3 aromatic carbocycles. The first kappa shape index (κ1) is 34.8. The Balaban J connectivity index is 2.16. The average Bonchev–Trinajstić information content (AvgIpc) is 2.91. The normalized spacial score (nSPS) is 12.9. The van der Waals surface area contributed by atoms with Crippen molar-refractivity contribution in [1.29, 1.82) is 0 Å². The lowest BCUT2D eigenvalue weighted by atomic mass is 10.1. The SMILES string of the molecule is CC[C@H](C(=O)NC(C)(C)C)N(Cc1ccc(F)cc1)C(=O)CN(c1ccc(Cl)c(C(F)(F)F)c1)S(=O)(=O)c1ccc(C)cc1. The van der Waals surface area contributed by atoms with Gasteiger partial charge in [0.15, 0.2) is 0 Å². The van der Waals surface area contributed by atoms with E-state index < -0.39 is 68.2 Å². The average molecular weight is 656 g/mol. The molecule has 0 spiro atoms. The van der Waals surface area contributed by atoms with Crippen molar-refractivity contribution in [2.75, 3.05) is 10.8 Å². The van der Waals surface area contributed by atoms with Crippen LogP contribution in [0, 0.1) is 12.7 Å². The van der Waals surface area contributed by atoms with Crippen LogP contribution in [0.2, 0.25) is 5.02 Å². The highest BCUT2D eigenvalue weighted by Crippen LogP contribution is 2.38. The van der Waals surface area contributed by atoms with Crippen molar-refractivity contribution < 1.29 is 35.6 Å². The Morgan fingerprint density at radius 1 is 0.955 bits per heavy atom. The van der Waals surface area contributed by atoms with Gasteiger partial charge in [-0.25, -0.2) is 12.8 Å². The molecule has 3 aromatic rings.